The molecule has 4 N–H and O–H groups in total. The second kappa shape index (κ2) is 17.5. The van der Waals surface area contributed by atoms with Crippen LogP contribution in [0.3, 0.4) is 0 Å². The number of allylic oxidation sites excluding steroid dienone is 4. The van der Waals surface area contributed by atoms with Gasteiger partial charge in [-0.05, 0) is 51.4 Å². The Morgan fingerprint density at radius 1 is 0.462 bits per heavy atom. The highest BCUT2D eigenvalue weighted by molar-refractivity contribution is 5.11. The summed E-state index contributed by atoms with van der Waals surface area (Å²) < 4.78 is 0. The molecule has 0 atom stereocenters. The molecule has 0 heterocycles. The summed E-state index contributed by atoms with van der Waals surface area (Å²) in [7, 11) is 0. The summed E-state index contributed by atoms with van der Waals surface area (Å²) in [5.41, 5.74) is 17.8. The van der Waals surface area contributed by atoms with E-state index < -0.39 is 0 Å². The molecule has 0 amide bonds. The molecule has 0 aliphatic heterocycles. The van der Waals surface area contributed by atoms with Crippen molar-refractivity contribution in [3.63, 3.8) is 0 Å². The van der Waals surface area contributed by atoms with Gasteiger partial charge < -0.3 is 11.5 Å². The molecule has 0 bridgehead atoms. The largest absolute Gasteiger partial charge is 0.402 e. The smallest absolute Gasteiger partial charge is 0.00722 e. The van der Waals surface area contributed by atoms with Gasteiger partial charge >= 0.3 is 0 Å². The van der Waals surface area contributed by atoms with E-state index in [1.54, 1.807) is 0 Å². The third-order valence-corrected chi connectivity index (χ3v) is 5.51. The zero-order chi connectivity index (χ0) is 19.6. The third-order valence-electron chi connectivity index (χ3n) is 5.51. The Morgan fingerprint density at radius 2 is 0.769 bits per heavy atom. The molecule has 154 valence electrons. The minimum atomic E-state index is 1.10. The van der Waals surface area contributed by atoms with Crippen molar-refractivity contribution in [1.82, 2.24) is 0 Å². The van der Waals surface area contributed by atoms with E-state index in [0.717, 1.165) is 25.7 Å². The van der Waals surface area contributed by atoms with E-state index in [9.17, 15) is 0 Å². The fourth-order valence-electron chi connectivity index (χ4n) is 3.78. The normalized spacial score (nSPS) is 13.5. The minimum absolute atomic E-state index is 1.10. The van der Waals surface area contributed by atoms with Gasteiger partial charge in [-0.2, -0.15) is 0 Å². The van der Waals surface area contributed by atoms with Crippen LogP contribution in [-0.2, 0) is 0 Å². The first-order valence-electron chi connectivity index (χ1n) is 11.5. The van der Waals surface area contributed by atoms with Gasteiger partial charge in [0.25, 0.3) is 0 Å². The van der Waals surface area contributed by atoms with E-state index in [1.165, 1.54) is 99.6 Å². The summed E-state index contributed by atoms with van der Waals surface area (Å²) in [4.78, 5) is 0. The van der Waals surface area contributed by atoms with Gasteiger partial charge in [-0.15, -0.1) is 0 Å². The van der Waals surface area contributed by atoms with Crippen molar-refractivity contribution in [2.75, 3.05) is 0 Å². The molecule has 0 fully saturated rings. The van der Waals surface area contributed by atoms with E-state index in [2.05, 4.69) is 27.7 Å². The second-order valence-electron chi connectivity index (χ2n) is 7.79. The lowest BCUT2D eigenvalue weighted by molar-refractivity contribution is 0.563. The summed E-state index contributed by atoms with van der Waals surface area (Å²) in [6.07, 6.45) is 19.9. The molecule has 0 spiro atoms. The predicted octanol–water partition coefficient (Wildman–Crippen LogP) is 7.73. The Kier molecular flexibility index (Phi) is 16.9. The van der Waals surface area contributed by atoms with Crippen LogP contribution in [-0.4, -0.2) is 0 Å². The highest BCUT2D eigenvalue weighted by Crippen LogP contribution is 2.19. The van der Waals surface area contributed by atoms with E-state index in [0.29, 0.717) is 0 Å². The first-order valence-corrected chi connectivity index (χ1v) is 11.5. The number of unbranched alkanes of at least 4 members (excludes halogenated alkanes) is 7. The van der Waals surface area contributed by atoms with E-state index in [4.69, 9.17) is 11.5 Å². The minimum Gasteiger partial charge on any atom is -0.402 e. The maximum atomic E-state index is 6.25. The summed E-state index contributed by atoms with van der Waals surface area (Å²) in [5.74, 6) is 0. The SMILES string of the molecule is CCCC(CC)=C(N)CCCCCCCCCCC(N)=C(CC)CCC. The van der Waals surface area contributed by atoms with Gasteiger partial charge in [0.05, 0.1) is 0 Å². The van der Waals surface area contributed by atoms with Crippen LogP contribution in [0.4, 0.5) is 0 Å². The lowest BCUT2D eigenvalue weighted by atomic mass is 10.00. The molecule has 26 heavy (non-hydrogen) atoms. The van der Waals surface area contributed by atoms with Gasteiger partial charge in [-0.1, -0.05) is 90.2 Å². The molecule has 0 aromatic heterocycles. The first kappa shape index (κ1) is 25.1. The van der Waals surface area contributed by atoms with Crippen LogP contribution < -0.4 is 11.5 Å². The van der Waals surface area contributed by atoms with Gasteiger partial charge in [0, 0.05) is 11.4 Å². The molecule has 0 unspecified atom stereocenters. The number of hydrogen-bond donors (Lipinski definition) is 2. The molecular weight excluding hydrogens is 316 g/mol. The van der Waals surface area contributed by atoms with Crippen molar-refractivity contribution in [2.24, 2.45) is 11.5 Å². The lowest BCUT2D eigenvalue weighted by Gasteiger charge is -2.10. The van der Waals surface area contributed by atoms with E-state index in [-0.39, 0.29) is 0 Å². The summed E-state index contributed by atoms with van der Waals surface area (Å²) in [6.45, 7) is 8.94. The quantitative estimate of drug-likeness (QED) is 0.259. The van der Waals surface area contributed by atoms with Crippen LogP contribution in [0, 0.1) is 0 Å². The first-order chi connectivity index (χ1) is 12.6. The van der Waals surface area contributed by atoms with Crippen molar-refractivity contribution >= 4 is 0 Å². The van der Waals surface area contributed by atoms with Crippen LogP contribution in [0.1, 0.15) is 130 Å². The number of hydrogen-bond acceptors (Lipinski definition) is 2. The average molecular weight is 365 g/mol. The zero-order valence-electron chi connectivity index (χ0n) is 18.5. The zero-order valence-corrected chi connectivity index (χ0v) is 18.5. The topological polar surface area (TPSA) is 52.0 Å². The lowest BCUT2D eigenvalue weighted by Crippen LogP contribution is -2.03. The molecule has 0 aromatic rings. The predicted molar refractivity (Wildman–Crippen MR) is 119 cm³/mol. The van der Waals surface area contributed by atoms with Crippen molar-refractivity contribution in [3.8, 4) is 0 Å². The summed E-state index contributed by atoms with van der Waals surface area (Å²) in [6, 6.07) is 0. The monoisotopic (exact) mass is 364 g/mol. The molecule has 0 radical (unpaired) electrons. The molecule has 0 aliphatic rings. The maximum Gasteiger partial charge on any atom is 0.00722 e. The Balaban J connectivity index is 3.65. The highest BCUT2D eigenvalue weighted by atomic mass is 14.6. The van der Waals surface area contributed by atoms with Crippen molar-refractivity contribution in [2.45, 2.75) is 130 Å². The standard InChI is InChI=1S/C24H48N2/c1-5-17-21(7-3)23(25)19-15-13-11-9-10-12-14-16-20-24(26)22(8-4)18-6-2/h5-20,25-26H2,1-4H3. The van der Waals surface area contributed by atoms with Gasteiger partial charge in [0.15, 0.2) is 0 Å². The highest BCUT2D eigenvalue weighted by Gasteiger charge is 2.02. The molecule has 0 saturated carbocycles. The third kappa shape index (κ3) is 12.4. The van der Waals surface area contributed by atoms with Gasteiger partial charge in [0.1, 0.15) is 0 Å². The van der Waals surface area contributed by atoms with Crippen molar-refractivity contribution in [1.29, 1.82) is 0 Å². The number of rotatable bonds is 17. The van der Waals surface area contributed by atoms with E-state index >= 15 is 0 Å². The van der Waals surface area contributed by atoms with Crippen LogP contribution >= 0.6 is 0 Å². The Bertz CT molecular complexity index is 355. The summed E-state index contributed by atoms with van der Waals surface area (Å²) >= 11 is 0. The molecule has 2 nitrogen and oxygen atoms in total. The Hall–Kier alpha value is -0.920. The van der Waals surface area contributed by atoms with Crippen LogP contribution in [0.2, 0.25) is 0 Å². The van der Waals surface area contributed by atoms with Crippen LogP contribution in [0.25, 0.3) is 0 Å². The Morgan fingerprint density at radius 3 is 1.04 bits per heavy atom. The fraction of sp³-hybridized carbons (Fsp3) is 0.833. The molecule has 0 aliphatic carbocycles. The van der Waals surface area contributed by atoms with Crippen LogP contribution in [0.15, 0.2) is 22.5 Å². The van der Waals surface area contributed by atoms with Crippen molar-refractivity contribution in [3.05, 3.63) is 22.5 Å². The molecule has 0 saturated heterocycles. The van der Waals surface area contributed by atoms with Gasteiger partial charge in [-0.25, -0.2) is 0 Å². The molecular formula is C24H48N2. The Labute approximate surface area is 164 Å². The van der Waals surface area contributed by atoms with Gasteiger partial charge in [0.2, 0.25) is 0 Å². The van der Waals surface area contributed by atoms with Crippen molar-refractivity contribution < 1.29 is 0 Å². The second-order valence-corrected chi connectivity index (χ2v) is 7.79. The fourth-order valence-corrected chi connectivity index (χ4v) is 3.78. The number of nitrogens with two attached hydrogens (primary N) is 2. The molecule has 0 rings (SSSR count). The maximum absolute atomic E-state index is 6.25. The molecule has 0 aromatic carbocycles. The molecule has 2 heteroatoms. The average Bonchev–Trinajstić information content (AvgIpc) is 2.65. The van der Waals surface area contributed by atoms with Gasteiger partial charge in [-0.3, -0.25) is 0 Å². The van der Waals surface area contributed by atoms with E-state index in [1.807, 2.05) is 0 Å². The summed E-state index contributed by atoms with van der Waals surface area (Å²) in [5, 5.41) is 0. The van der Waals surface area contributed by atoms with Crippen LogP contribution in [0.5, 0.6) is 0 Å².